The number of non-ortho nitro benzene ring substituents is 1. The van der Waals surface area contributed by atoms with Gasteiger partial charge in [-0.1, -0.05) is 17.4 Å². The summed E-state index contributed by atoms with van der Waals surface area (Å²) < 4.78 is 6.34. The summed E-state index contributed by atoms with van der Waals surface area (Å²) in [6.45, 7) is 1.35. The van der Waals surface area contributed by atoms with Gasteiger partial charge in [0.15, 0.2) is 5.13 Å². The molecule has 3 aromatic rings. The van der Waals surface area contributed by atoms with Crippen LogP contribution in [0.5, 0.6) is 5.75 Å². The largest absolute Gasteiger partial charge is 0.494 e. The van der Waals surface area contributed by atoms with Crippen molar-refractivity contribution in [2.24, 2.45) is 0 Å². The fourth-order valence-corrected chi connectivity index (χ4v) is 4.02. The van der Waals surface area contributed by atoms with Gasteiger partial charge in [-0.3, -0.25) is 19.8 Å². The van der Waals surface area contributed by atoms with Crippen molar-refractivity contribution in [1.29, 1.82) is 0 Å². The number of para-hydroxylation sites is 1. The fourth-order valence-electron chi connectivity index (χ4n) is 3.00. The van der Waals surface area contributed by atoms with E-state index < -0.39 is 4.92 Å². The lowest BCUT2D eigenvalue weighted by Crippen LogP contribution is -2.32. The number of thiazole rings is 1. The molecule has 0 unspecified atom stereocenters. The minimum Gasteiger partial charge on any atom is -0.494 e. The number of carbonyl (C=O) groups is 1. The third-order valence-electron chi connectivity index (χ3n) is 4.60. The van der Waals surface area contributed by atoms with Crippen LogP contribution in [0.3, 0.4) is 0 Å². The summed E-state index contributed by atoms with van der Waals surface area (Å²) in [5.74, 6) is 0.470. The molecule has 31 heavy (non-hydrogen) atoms. The van der Waals surface area contributed by atoms with E-state index in [1.54, 1.807) is 30.2 Å². The highest BCUT2D eigenvalue weighted by Gasteiger charge is 2.19. The van der Waals surface area contributed by atoms with Crippen LogP contribution in [-0.4, -0.2) is 55.0 Å². The molecule has 0 atom stereocenters. The van der Waals surface area contributed by atoms with Crippen molar-refractivity contribution in [1.82, 2.24) is 9.88 Å². The van der Waals surface area contributed by atoms with Crippen LogP contribution in [0.15, 0.2) is 48.5 Å². The summed E-state index contributed by atoms with van der Waals surface area (Å²) in [6.07, 6.45) is 3.91. The molecule has 8 nitrogen and oxygen atoms in total. The van der Waals surface area contributed by atoms with Crippen LogP contribution in [0, 0.1) is 10.1 Å². The summed E-state index contributed by atoms with van der Waals surface area (Å²) in [7, 11) is 5.58. The molecule has 0 N–H and O–H groups in total. The standard InChI is InChI=1S/C22H24N4O4S/c1-24(2)14-5-15-25(22-23-21-18(30-3)6-4-7-19(21)31-22)20(27)13-10-16-8-11-17(12-9-16)26(28)29/h4,6-13H,5,14-15H2,1-3H3. The molecular weight excluding hydrogens is 416 g/mol. The number of anilines is 1. The van der Waals surface area contributed by atoms with E-state index in [2.05, 4.69) is 9.88 Å². The predicted octanol–water partition coefficient (Wildman–Crippen LogP) is 4.21. The normalized spacial score (nSPS) is 11.4. The van der Waals surface area contributed by atoms with Crippen molar-refractivity contribution in [2.45, 2.75) is 6.42 Å². The molecule has 1 amide bonds. The second-order valence-corrected chi connectivity index (χ2v) is 8.14. The number of ether oxygens (including phenoxy) is 1. The molecule has 1 aromatic heterocycles. The molecule has 0 bridgehead atoms. The van der Waals surface area contributed by atoms with Gasteiger partial charge in [-0.15, -0.1) is 0 Å². The molecule has 162 valence electrons. The van der Waals surface area contributed by atoms with Gasteiger partial charge in [-0.25, -0.2) is 4.98 Å². The van der Waals surface area contributed by atoms with Gasteiger partial charge in [-0.2, -0.15) is 0 Å². The fraction of sp³-hybridized carbons (Fsp3) is 0.273. The Balaban J connectivity index is 1.85. The maximum absolute atomic E-state index is 13.1. The molecule has 3 rings (SSSR count). The maximum atomic E-state index is 13.1. The lowest BCUT2D eigenvalue weighted by Gasteiger charge is -2.19. The van der Waals surface area contributed by atoms with Crippen LogP contribution in [0.4, 0.5) is 10.8 Å². The maximum Gasteiger partial charge on any atom is 0.269 e. The first-order valence-corrected chi connectivity index (χ1v) is 10.5. The minimum atomic E-state index is -0.452. The Morgan fingerprint density at radius 3 is 2.58 bits per heavy atom. The lowest BCUT2D eigenvalue weighted by atomic mass is 10.2. The number of benzene rings is 2. The molecule has 0 radical (unpaired) electrons. The number of rotatable bonds is 9. The Bertz CT molecular complexity index is 1090. The van der Waals surface area contributed by atoms with E-state index in [-0.39, 0.29) is 11.6 Å². The van der Waals surface area contributed by atoms with Gasteiger partial charge in [0.25, 0.3) is 11.6 Å². The molecule has 0 aliphatic carbocycles. The average Bonchev–Trinajstić information content (AvgIpc) is 3.19. The number of hydrogen-bond acceptors (Lipinski definition) is 7. The van der Waals surface area contributed by atoms with E-state index in [0.717, 1.165) is 23.2 Å². The van der Waals surface area contributed by atoms with Gasteiger partial charge in [-0.05, 0) is 63.0 Å². The summed E-state index contributed by atoms with van der Waals surface area (Å²) in [6, 6.07) is 11.8. The van der Waals surface area contributed by atoms with Crippen LogP contribution in [0.2, 0.25) is 0 Å². The highest BCUT2D eigenvalue weighted by atomic mass is 32.1. The number of hydrogen-bond donors (Lipinski definition) is 0. The highest BCUT2D eigenvalue weighted by Crippen LogP contribution is 2.34. The molecule has 0 spiro atoms. The molecule has 1 heterocycles. The van der Waals surface area contributed by atoms with E-state index in [9.17, 15) is 14.9 Å². The molecule has 0 aliphatic rings. The highest BCUT2D eigenvalue weighted by molar-refractivity contribution is 7.22. The topological polar surface area (TPSA) is 88.8 Å². The first kappa shape index (κ1) is 22.4. The van der Waals surface area contributed by atoms with E-state index >= 15 is 0 Å². The zero-order chi connectivity index (χ0) is 22.4. The molecule has 0 aliphatic heterocycles. The van der Waals surface area contributed by atoms with E-state index in [0.29, 0.717) is 23.0 Å². The van der Waals surface area contributed by atoms with Crippen LogP contribution in [-0.2, 0) is 4.79 Å². The molecule has 2 aromatic carbocycles. The number of methoxy groups -OCH3 is 1. The average molecular weight is 441 g/mol. The summed E-state index contributed by atoms with van der Waals surface area (Å²) in [5.41, 5.74) is 1.45. The van der Waals surface area contributed by atoms with Crippen LogP contribution in [0.1, 0.15) is 12.0 Å². The van der Waals surface area contributed by atoms with Crippen molar-refractivity contribution in [3.05, 3.63) is 64.2 Å². The van der Waals surface area contributed by atoms with Gasteiger partial charge in [0, 0.05) is 24.8 Å². The van der Waals surface area contributed by atoms with Crippen molar-refractivity contribution >= 4 is 44.4 Å². The monoisotopic (exact) mass is 440 g/mol. The van der Waals surface area contributed by atoms with E-state index in [1.807, 2.05) is 32.3 Å². The Hall–Kier alpha value is -3.30. The zero-order valence-corrected chi connectivity index (χ0v) is 18.5. The third kappa shape index (κ3) is 5.65. The second kappa shape index (κ2) is 10.1. The Labute approximate surface area is 184 Å². The van der Waals surface area contributed by atoms with E-state index in [1.165, 1.54) is 29.5 Å². The Morgan fingerprint density at radius 1 is 1.19 bits per heavy atom. The van der Waals surface area contributed by atoms with Crippen LogP contribution < -0.4 is 9.64 Å². The smallest absolute Gasteiger partial charge is 0.269 e. The van der Waals surface area contributed by atoms with Gasteiger partial charge in [0.2, 0.25) is 0 Å². The number of aromatic nitrogens is 1. The number of nitro groups is 1. The van der Waals surface area contributed by atoms with Gasteiger partial charge in [0.1, 0.15) is 11.3 Å². The molecule has 0 fully saturated rings. The van der Waals surface area contributed by atoms with E-state index in [4.69, 9.17) is 4.74 Å². The number of nitrogens with zero attached hydrogens (tertiary/aromatic N) is 4. The molecule has 0 saturated carbocycles. The van der Waals surface area contributed by atoms with Gasteiger partial charge < -0.3 is 9.64 Å². The number of fused-ring (bicyclic) bond motifs is 1. The predicted molar refractivity (Wildman–Crippen MR) is 124 cm³/mol. The molecule has 9 heteroatoms. The molecule has 0 saturated heterocycles. The van der Waals surface area contributed by atoms with Crippen LogP contribution >= 0.6 is 11.3 Å². The SMILES string of the molecule is COc1cccc2sc(N(CCCN(C)C)C(=O)C=Cc3ccc([N+](=O)[O-])cc3)nc12. The number of nitro benzene ring substituents is 1. The summed E-state index contributed by atoms with van der Waals surface area (Å²) in [5, 5.41) is 11.4. The Kier molecular flexibility index (Phi) is 7.32. The third-order valence-corrected chi connectivity index (χ3v) is 5.64. The first-order chi connectivity index (χ1) is 14.9. The van der Waals surface area contributed by atoms with Crippen molar-refractivity contribution < 1.29 is 14.5 Å². The number of carbonyl (C=O) groups excluding carboxylic acids is 1. The molecular formula is C22H24N4O4S. The second-order valence-electron chi connectivity index (χ2n) is 7.13. The summed E-state index contributed by atoms with van der Waals surface area (Å²) >= 11 is 1.44. The quantitative estimate of drug-likeness (QED) is 0.281. The first-order valence-electron chi connectivity index (χ1n) is 9.71. The van der Waals surface area contributed by atoms with Crippen molar-refractivity contribution in [2.75, 3.05) is 39.2 Å². The van der Waals surface area contributed by atoms with Crippen molar-refractivity contribution in [3.63, 3.8) is 0 Å². The zero-order valence-electron chi connectivity index (χ0n) is 17.6. The van der Waals surface area contributed by atoms with Crippen molar-refractivity contribution in [3.8, 4) is 5.75 Å². The minimum absolute atomic E-state index is 0.0113. The number of amides is 1. The summed E-state index contributed by atoms with van der Waals surface area (Å²) in [4.78, 5) is 31.8. The lowest BCUT2D eigenvalue weighted by molar-refractivity contribution is -0.384. The van der Waals surface area contributed by atoms with Gasteiger partial charge >= 0.3 is 0 Å². The van der Waals surface area contributed by atoms with Crippen LogP contribution in [0.25, 0.3) is 16.3 Å². The Morgan fingerprint density at radius 2 is 1.94 bits per heavy atom. The van der Waals surface area contributed by atoms with Gasteiger partial charge in [0.05, 0.1) is 16.7 Å².